The highest BCUT2D eigenvalue weighted by Gasteiger charge is 2.27. The van der Waals surface area contributed by atoms with Gasteiger partial charge in [0.15, 0.2) is 0 Å². The number of carbonyl (C=O) groups is 1. The highest BCUT2D eigenvalue weighted by molar-refractivity contribution is 6.30. The Kier molecular flexibility index (Phi) is 7.56. The smallest absolute Gasteiger partial charge is 0.223 e. The molecule has 3 rings (SSSR count). The molecule has 2 aromatic rings. The van der Waals surface area contributed by atoms with Crippen LogP contribution in [0.15, 0.2) is 36.5 Å². The van der Waals surface area contributed by atoms with E-state index < -0.39 is 6.04 Å². The summed E-state index contributed by atoms with van der Waals surface area (Å²) in [6, 6.07) is 9.22. The quantitative estimate of drug-likeness (QED) is 0.620. The van der Waals surface area contributed by atoms with Gasteiger partial charge in [-0.1, -0.05) is 23.7 Å². The van der Waals surface area contributed by atoms with Gasteiger partial charge >= 0.3 is 0 Å². The number of hydrogen-bond donors (Lipinski definition) is 3. The van der Waals surface area contributed by atoms with E-state index in [1.54, 1.807) is 12.1 Å². The Morgan fingerprint density at radius 2 is 2.03 bits per heavy atom. The van der Waals surface area contributed by atoms with Gasteiger partial charge < -0.3 is 20.6 Å². The monoisotopic (exact) mass is 430 g/mol. The number of amides is 1. The molecule has 0 bridgehead atoms. The van der Waals surface area contributed by atoms with E-state index in [9.17, 15) is 9.90 Å². The van der Waals surface area contributed by atoms with E-state index in [0.717, 1.165) is 42.9 Å². The first kappa shape index (κ1) is 22.4. The third-order valence-corrected chi connectivity index (χ3v) is 5.70. The number of anilines is 2. The lowest BCUT2D eigenvalue weighted by Gasteiger charge is -2.34. The fraction of sp³-hybridized carbons (Fsp3) is 0.478. The third-order valence-electron chi connectivity index (χ3n) is 5.47. The summed E-state index contributed by atoms with van der Waals surface area (Å²) in [7, 11) is 0. The summed E-state index contributed by atoms with van der Waals surface area (Å²) in [6.07, 6.45) is 3.44. The molecule has 3 N–H and O–H groups in total. The molecule has 30 heavy (non-hydrogen) atoms. The number of hydrogen-bond acceptors (Lipinski definition) is 5. The van der Waals surface area contributed by atoms with Gasteiger partial charge in [0, 0.05) is 48.0 Å². The minimum Gasteiger partial charge on any atom is -0.394 e. The summed E-state index contributed by atoms with van der Waals surface area (Å²) >= 11 is 6.05. The van der Waals surface area contributed by atoms with Crippen LogP contribution in [0, 0.1) is 12.8 Å². The molecular formula is C23H31ClN4O2. The second kappa shape index (κ2) is 10.1. The van der Waals surface area contributed by atoms with Gasteiger partial charge in [-0.3, -0.25) is 4.79 Å². The van der Waals surface area contributed by atoms with Crippen molar-refractivity contribution in [3.8, 4) is 0 Å². The van der Waals surface area contributed by atoms with E-state index in [4.69, 9.17) is 11.6 Å². The summed E-state index contributed by atoms with van der Waals surface area (Å²) in [5.41, 5.74) is 3.11. The van der Waals surface area contributed by atoms with Gasteiger partial charge in [0.2, 0.25) is 5.91 Å². The Hall–Kier alpha value is -2.31. The van der Waals surface area contributed by atoms with Crippen LogP contribution in [-0.2, 0) is 4.79 Å². The average Bonchev–Trinajstić information content (AvgIpc) is 2.73. The maximum atomic E-state index is 12.8. The fourth-order valence-electron chi connectivity index (χ4n) is 3.86. The molecule has 0 saturated carbocycles. The number of pyridine rings is 1. The summed E-state index contributed by atoms with van der Waals surface area (Å²) in [5.74, 6) is 0.796. The first-order valence-corrected chi connectivity index (χ1v) is 10.9. The summed E-state index contributed by atoms with van der Waals surface area (Å²) in [5, 5.41) is 16.7. The lowest BCUT2D eigenvalue weighted by Crippen LogP contribution is -2.42. The Morgan fingerprint density at radius 3 is 2.67 bits per heavy atom. The Morgan fingerprint density at radius 1 is 1.30 bits per heavy atom. The van der Waals surface area contributed by atoms with E-state index in [-0.39, 0.29) is 18.4 Å². The second-order valence-electron chi connectivity index (χ2n) is 8.22. The minimum absolute atomic E-state index is 0.0118. The molecule has 1 saturated heterocycles. The Labute approximate surface area is 183 Å². The molecule has 0 radical (unpaired) electrons. The normalized spacial score (nSPS) is 15.9. The molecule has 162 valence electrons. The number of nitrogens with one attached hydrogen (secondary N) is 2. The molecule has 1 atom stereocenters. The zero-order valence-electron chi connectivity index (χ0n) is 17.9. The molecule has 7 heteroatoms. The Balaban J connectivity index is 1.60. The predicted octanol–water partition coefficient (Wildman–Crippen LogP) is 3.93. The van der Waals surface area contributed by atoms with Gasteiger partial charge in [-0.2, -0.15) is 0 Å². The summed E-state index contributed by atoms with van der Waals surface area (Å²) in [4.78, 5) is 19.6. The topological polar surface area (TPSA) is 77.5 Å². The van der Waals surface area contributed by atoms with Crippen LogP contribution in [0.5, 0.6) is 0 Å². The van der Waals surface area contributed by atoms with Crippen molar-refractivity contribution in [2.24, 2.45) is 5.92 Å². The van der Waals surface area contributed by atoms with Crippen molar-refractivity contribution in [1.82, 2.24) is 10.3 Å². The van der Waals surface area contributed by atoms with Crippen molar-refractivity contribution in [2.75, 3.05) is 29.9 Å². The van der Waals surface area contributed by atoms with Crippen LogP contribution in [-0.4, -0.2) is 41.7 Å². The van der Waals surface area contributed by atoms with Crippen LogP contribution < -0.4 is 15.5 Å². The number of piperidine rings is 1. The number of halogens is 1. The van der Waals surface area contributed by atoms with Crippen molar-refractivity contribution in [3.63, 3.8) is 0 Å². The number of aliphatic hydroxyl groups is 1. The van der Waals surface area contributed by atoms with E-state index in [2.05, 4.69) is 47.4 Å². The molecule has 0 aliphatic carbocycles. The SMILES string of the molecule is Cc1cnc(NC(C)C)cc1N1CCC(C(=O)NC(CO)c2cccc(Cl)c2)CC1. The van der Waals surface area contributed by atoms with Crippen LogP contribution in [0.3, 0.4) is 0 Å². The van der Waals surface area contributed by atoms with Crippen molar-refractivity contribution in [3.05, 3.63) is 52.7 Å². The van der Waals surface area contributed by atoms with E-state index >= 15 is 0 Å². The number of carbonyl (C=O) groups excluding carboxylic acids is 1. The highest BCUT2D eigenvalue weighted by Crippen LogP contribution is 2.28. The number of aliphatic hydroxyl groups excluding tert-OH is 1. The van der Waals surface area contributed by atoms with Crippen LogP contribution in [0.25, 0.3) is 0 Å². The predicted molar refractivity (Wildman–Crippen MR) is 122 cm³/mol. The zero-order chi connectivity index (χ0) is 21.7. The fourth-order valence-corrected chi connectivity index (χ4v) is 4.06. The lowest BCUT2D eigenvalue weighted by molar-refractivity contribution is -0.126. The van der Waals surface area contributed by atoms with Crippen molar-refractivity contribution in [1.29, 1.82) is 0 Å². The molecule has 1 aliphatic rings. The molecule has 0 spiro atoms. The van der Waals surface area contributed by atoms with Crippen LogP contribution in [0.2, 0.25) is 5.02 Å². The van der Waals surface area contributed by atoms with Gasteiger partial charge in [-0.05, 0) is 56.9 Å². The third kappa shape index (κ3) is 5.64. The van der Waals surface area contributed by atoms with Crippen LogP contribution in [0.4, 0.5) is 11.5 Å². The maximum absolute atomic E-state index is 12.8. The van der Waals surface area contributed by atoms with E-state index in [1.807, 2.05) is 18.3 Å². The lowest BCUT2D eigenvalue weighted by atomic mass is 9.94. The average molecular weight is 431 g/mol. The van der Waals surface area contributed by atoms with Crippen molar-refractivity contribution >= 4 is 29.0 Å². The van der Waals surface area contributed by atoms with Gasteiger partial charge in [-0.25, -0.2) is 4.98 Å². The first-order valence-electron chi connectivity index (χ1n) is 10.5. The molecule has 2 heterocycles. The molecule has 1 aromatic heterocycles. The number of aromatic nitrogens is 1. The minimum atomic E-state index is -0.443. The molecular weight excluding hydrogens is 400 g/mol. The van der Waals surface area contributed by atoms with E-state index in [0.29, 0.717) is 11.1 Å². The molecule has 1 unspecified atom stereocenters. The number of rotatable bonds is 7. The van der Waals surface area contributed by atoms with Gasteiger partial charge in [-0.15, -0.1) is 0 Å². The molecule has 1 aliphatic heterocycles. The largest absolute Gasteiger partial charge is 0.394 e. The van der Waals surface area contributed by atoms with Gasteiger partial charge in [0.05, 0.1) is 12.6 Å². The number of benzene rings is 1. The molecule has 6 nitrogen and oxygen atoms in total. The van der Waals surface area contributed by atoms with Gasteiger partial charge in [0.25, 0.3) is 0 Å². The molecule has 1 aromatic carbocycles. The standard InChI is InChI=1S/C23H31ClN4O2/c1-15(2)26-22-12-21(16(3)13-25-22)28-9-7-17(8-10-28)23(30)27-20(14-29)18-5-4-6-19(24)11-18/h4-6,11-13,15,17,20,29H,7-10,14H2,1-3H3,(H,25,26)(H,27,30). The second-order valence-corrected chi connectivity index (χ2v) is 8.65. The highest BCUT2D eigenvalue weighted by atomic mass is 35.5. The first-order chi connectivity index (χ1) is 14.4. The summed E-state index contributed by atoms with van der Waals surface area (Å²) < 4.78 is 0. The van der Waals surface area contributed by atoms with Crippen molar-refractivity contribution < 1.29 is 9.90 Å². The summed E-state index contributed by atoms with van der Waals surface area (Å²) in [6.45, 7) is 7.71. The molecule has 1 fully saturated rings. The van der Waals surface area contributed by atoms with Crippen LogP contribution >= 0.6 is 11.6 Å². The number of nitrogens with zero attached hydrogens (tertiary/aromatic N) is 2. The number of aryl methyl sites for hydroxylation is 1. The van der Waals surface area contributed by atoms with E-state index in [1.165, 1.54) is 5.69 Å². The Bertz CT molecular complexity index is 866. The zero-order valence-corrected chi connectivity index (χ0v) is 18.6. The molecule has 1 amide bonds. The maximum Gasteiger partial charge on any atom is 0.223 e. The van der Waals surface area contributed by atoms with Crippen LogP contribution in [0.1, 0.15) is 43.9 Å². The van der Waals surface area contributed by atoms with Crippen molar-refractivity contribution in [2.45, 2.75) is 45.7 Å². The van der Waals surface area contributed by atoms with Gasteiger partial charge in [0.1, 0.15) is 5.82 Å².